The minimum Gasteiger partial charge on any atom is -0.497 e. The lowest BCUT2D eigenvalue weighted by molar-refractivity contribution is -0.122. The Hall–Kier alpha value is -3.66. The van der Waals surface area contributed by atoms with Gasteiger partial charge in [0.05, 0.1) is 7.11 Å². The van der Waals surface area contributed by atoms with Gasteiger partial charge in [0.2, 0.25) is 11.9 Å². The van der Waals surface area contributed by atoms with E-state index in [0.717, 1.165) is 42.3 Å². The van der Waals surface area contributed by atoms with Crippen LogP contribution in [-0.4, -0.2) is 63.1 Å². The SMILES string of the molecule is COc1ccc(CN2CCN(c3cc(Cl)nc(-n4ccnc4)n3)CC2CC(=O)NCc2ccc(Cl)cc2)cc1. The molecule has 39 heavy (non-hydrogen) atoms. The maximum absolute atomic E-state index is 13.1. The number of rotatable bonds is 9. The molecule has 5 rings (SSSR count). The molecule has 0 aliphatic carbocycles. The van der Waals surface area contributed by atoms with Gasteiger partial charge in [-0.05, 0) is 35.4 Å². The number of hydrogen-bond donors (Lipinski definition) is 1. The minimum atomic E-state index is -0.0449. The first-order valence-corrected chi connectivity index (χ1v) is 13.4. The van der Waals surface area contributed by atoms with Crippen LogP contribution in [0.25, 0.3) is 5.95 Å². The molecule has 4 aromatic rings. The van der Waals surface area contributed by atoms with Crippen molar-refractivity contribution in [3.63, 3.8) is 0 Å². The molecule has 202 valence electrons. The second kappa shape index (κ2) is 12.5. The number of carbonyl (C=O) groups excluding carboxylic acids is 1. The number of aromatic nitrogens is 4. The zero-order valence-electron chi connectivity index (χ0n) is 21.5. The van der Waals surface area contributed by atoms with E-state index in [1.807, 2.05) is 36.4 Å². The summed E-state index contributed by atoms with van der Waals surface area (Å²) in [6, 6.07) is 17.2. The summed E-state index contributed by atoms with van der Waals surface area (Å²) in [4.78, 5) is 30.7. The smallest absolute Gasteiger partial charge is 0.238 e. The van der Waals surface area contributed by atoms with Crippen LogP contribution in [-0.2, 0) is 17.9 Å². The molecule has 1 saturated heterocycles. The third-order valence-electron chi connectivity index (χ3n) is 6.70. The van der Waals surface area contributed by atoms with Gasteiger partial charge in [0.25, 0.3) is 0 Å². The predicted molar refractivity (Wildman–Crippen MR) is 151 cm³/mol. The van der Waals surface area contributed by atoms with Crippen molar-refractivity contribution in [3.05, 3.63) is 94.6 Å². The number of methoxy groups -OCH3 is 1. The Morgan fingerprint density at radius 2 is 1.82 bits per heavy atom. The maximum Gasteiger partial charge on any atom is 0.238 e. The Labute approximate surface area is 237 Å². The van der Waals surface area contributed by atoms with E-state index < -0.39 is 0 Å². The van der Waals surface area contributed by atoms with Gasteiger partial charge < -0.3 is 15.0 Å². The molecule has 9 nitrogen and oxygen atoms in total. The van der Waals surface area contributed by atoms with Gasteiger partial charge in [0, 0.05) is 68.7 Å². The number of anilines is 1. The van der Waals surface area contributed by atoms with E-state index >= 15 is 0 Å². The van der Waals surface area contributed by atoms with Gasteiger partial charge >= 0.3 is 0 Å². The van der Waals surface area contributed by atoms with Crippen molar-refractivity contribution < 1.29 is 9.53 Å². The molecule has 1 aliphatic heterocycles. The Balaban J connectivity index is 1.32. The molecule has 0 spiro atoms. The highest BCUT2D eigenvalue weighted by atomic mass is 35.5. The first-order valence-electron chi connectivity index (χ1n) is 12.6. The van der Waals surface area contributed by atoms with Crippen LogP contribution in [0.15, 0.2) is 73.3 Å². The fourth-order valence-corrected chi connectivity index (χ4v) is 4.91. The first kappa shape index (κ1) is 26.9. The van der Waals surface area contributed by atoms with Crippen LogP contribution in [0, 0.1) is 0 Å². The van der Waals surface area contributed by atoms with E-state index in [4.69, 9.17) is 32.9 Å². The number of nitrogens with one attached hydrogen (secondary N) is 1. The van der Waals surface area contributed by atoms with Gasteiger partial charge in [-0.3, -0.25) is 14.3 Å². The van der Waals surface area contributed by atoms with Crippen LogP contribution >= 0.6 is 23.2 Å². The number of ether oxygens (including phenoxy) is 1. The highest BCUT2D eigenvalue weighted by Gasteiger charge is 2.30. The quantitative estimate of drug-likeness (QED) is 0.301. The molecule has 0 saturated carbocycles. The first-order chi connectivity index (χ1) is 19.0. The summed E-state index contributed by atoms with van der Waals surface area (Å²) >= 11 is 12.4. The molecule has 1 atom stereocenters. The minimum absolute atomic E-state index is 0.0173. The lowest BCUT2D eigenvalue weighted by atomic mass is 10.1. The molecule has 2 aromatic carbocycles. The second-order valence-corrected chi connectivity index (χ2v) is 10.2. The highest BCUT2D eigenvalue weighted by Crippen LogP contribution is 2.24. The standard InChI is InChI=1S/C28H29Cl2N7O2/c1-39-24-8-4-21(5-9-24)17-35-12-13-36(26-15-25(30)33-28(34-26)37-11-10-31-19-37)18-23(35)14-27(38)32-16-20-2-6-22(29)7-3-20/h2-11,15,19,23H,12-14,16-18H2,1H3,(H,32,38). The second-order valence-electron chi connectivity index (χ2n) is 9.34. The zero-order chi connectivity index (χ0) is 27.2. The summed E-state index contributed by atoms with van der Waals surface area (Å²) in [5.41, 5.74) is 2.15. The van der Waals surface area contributed by atoms with Crippen LogP contribution in [0.2, 0.25) is 10.2 Å². The summed E-state index contributed by atoms with van der Waals surface area (Å²) in [6.45, 7) is 3.26. The van der Waals surface area contributed by atoms with Crippen LogP contribution in [0.4, 0.5) is 5.82 Å². The Bertz CT molecular complexity index is 1380. The molecule has 2 aromatic heterocycles. The van der Waals surface area contributed by atoms with Crippen LogP contribution < -0.4 is 15.0 Å². The molecular formula is C28H29Cl2N7O2. The topological polar surface area (TPSA) is 88.4 Å². The Morgan fingerprint density at radius 1 is 1.05 bits per heavy atom. The molecule has 0 radical (unpaired) electrons. The lowest BCUT2D eigenvalue weighted by Gasteiger charge is -2.42. The Morgan fingerprint density at radius 3 is 2.54 bits per heavy atom. The van der Waals surface area contributed by atoms with Gasteiger partial charge in [-0.15, -0.1) is 0 Å². The molecular weight excluding hydrogens is 537 g/mol. The molecule has 1 amide bonds. The molecule has 1 fully saturated rings. The lowest BCUT2D eigenvalue weighted by Crippen LogP contribution is -2.54. The third-order valence-corrected chi connectivity index (χ3v) is 7.15. The van der Waals surface area contributed by atoms with Crippen molar-refractivity contribution in [1.82, 2.24) is 29.7 Å². The number of hydrogen-bond acceptors (Lipinski definition) is 7. The molecule has 1 unspecified atom stereocenters. The van der Waals surface area contributed by atoms with Gasteiger partial charge in [-0.25, -0.2) is 9.97 Å². The predicted octanol–water partition coefficient (Wildman–Crippen LogP) is 4.38. The highest BCUT2D eigenvalue weighted by molar-refractivity contribution is 6.30. The van der Waals surface area contributed by atoms with Crippen molar-refractivity contribution in [2.24, 2.45) is 0 Å². The fraction of sp³-hybridized carbons (Fsp3) is 0.286. The number of imidazole rings is 1. The van der Waals surface area contributed by atoms with E-state index in [9.17, 15) is 4.79 Å². The van der Waals surface area contributed by atoms with Crippen LogP contribution in [0.1, 0.15) is 17.5 Å². The van der Waals surface area contributed by atoms with Crippen LogP contribution in [0.5, 0.6) is 5.75 Å². The number of nitrogens with zero attached hydrogens (tertiary/aromatic N) is 6. The van der Waals surface area contributed by atoms with Gasteiger partial charge in [0.1, 0.15) is 23.0 Å². The van der Waals surface area contributed by atoms with E-state index in [0.29, 0.717) is 35.6 Å². The monoisotopic (exact) mass is 565 g/mol. The number of carbonyl (C=O) groups is 1. The normalized spacial score (nSPS) is 15.8. The van der Waals surface area contributed by atoms with E-state index in [1.54, 1.807) is 36.5 Å². The summed E-state index contributed by atoms with van der Waals surface area (Å²) < 4.78 is 7.02. The van der Waals surface area contributed by atoms with E-state index in [-0.39, 0.29) is 11.9 Å². The molecule has 1 N–H and O–H groups in total. The largest absolute Gasteiger partial charge is 0.497 e. The van der Waals surface area contributed by atoms with Crippen molar-refractivity contribution in [2.75, 3.05) is 31.6 Å². The van der Waals surface area contributed by atoms with Gasteiger partial charge in [0.15, 0.2) is 0 Å². The van der Waals surface area contributed by atoms with Crippen molar-refractivity contribution >= 4 is 34.9 Å². The van der Waals surface area contributed by atoms with Crippen molar-refractivity contribution in [2.45, 2.75) is 25.6 Å². The van der Waals surface area contributed by atoms with Gasteiger partial charge in [-0.2, -0.15) is 4.98 Å². The summed E-state index contributed by atoms with van der Waals surface area (Å²) in [5.74, 6) is 1.97. The maximum atomic E-state index is 13.1. The number of amides is 1. The zero-order valence-corrected chi connectivity index (χ0v) is 23.0. The third kappa shape index (κ3) is 7.06. The molecule has 3 heterocycles. The van der Waals surface area contributed by atoms with Crippen LogP contribution in [0.3, 0.4) is 0 Å². The Kier molecular flexibility index (Phi) is 8.61. The molecule has 0 bridgehead atoms. The number of halogens is 2. The summed E-state index contributed by atoms with van der Waals surface area (Å²) in [6.07, 6.45) is 5.42. The summed E-state index contributed by atoms with van der Waals surface area (Å²) in [7, 11) is 1.66. The summed E-state index contributed by atoms with van der Waals surface area (Å²) in [5, 5.41) is 4.07. The number of benzene rings is 2. The van der Waals surface area contributed by atoms with Gasteiger partial charge in [-0.1, -0.05) is 47.5 Å². The molecule has 1 aliphatic rings. The van der Waals surface area contributed by atoms with Crippen molar-refractivity contribution in [1.29, 1.82) is 0 Å². The molecule has 11 heteroatoms. The number of piperazine rings is 1. The van der Waals surface area contributed by atoms with E-state index in [1.165, 1.54) is 0 Å². The van der Waals surface area contributed by atoms with Crippen molar-refractivity contribution in [3.8, 4) is 11.7 Å². The fourth-order valence-electron chi connectivity index (χ4n) is 4.61. The average Bonchev–Trinajstić information content (AvgIpc) is 3.49. The van der Waals surface area contributed by atoms with E-state index in [2.05, 4.69) is 37.2 Å². The average molecular weight is 566 g/mol.